The Balaban J connectivity index is 1.58. The molecule has 0 aliphatic carbocycles. The van der Waals surface area contributed by atoms with Crippen molar-refractivity contribution in [3.8, 4) is 33.4 Å². The maximum Gasteiger partial charge on any atom is 0.217 e. The van der Waals surface area contributed by atoms with Crippen molar-refractivity contribution in [3.63, 3.8) is 0 Å². The third kappa shape index (κ3) is 5.19. The molecule has 0 spiro atoms. The zero-order valence-electron chi connectivity index (χ0n) is 23.7. The average molecular weight is 529 g/mol. The standard InChI is InChI=1S/C36H36N2O2/c1-23(2)33-21-39-35(37-33)29-17-15-27(25-11-7-5-8-12-25)19-31(29)32-20-28(26-13-9-6-10-14-26)16-18-30(32)36-38-34(22-40-36)24(3)4/h5-20,23-24,33-34H,21-22H2,1-4H3. The van der Waals surface area contributed by atoms with E-state index in [2.05, 4.69) is 113 Å². The van der Waals surface area contributed by atoms with Gasteiger partial charge >= 0.3 is 0 Å². The number of nitrogens with zero attached hydrogens (tertiary/aromatic N) is 2. The molecule has 0 saturated carbocycles. The highest BCUT2D eigenvalue weighted by molar-refractivity contribution is 6.08. The summed E-state index contributed by atoms with van der Waals surface area (Å²) >= 11 is 0. The van der Waals surface area contributed by atoms with E-state index in [1.807, 2.05) is 12.1 Å². The van der Waals surface area contributed by atoms with Crippen molar-refractivity contribution in [2.45, 2.75) is 39.8 Å². The van der Waals surface area contributed by atoms with Crippen LogP contribution in [0.2, 0.25) is 0 Å². The summed E-state index contributed by atoms with van der Waals surface area (Å²) in [6.07, 6.45) is 0. The predicted molar refractivity (Wildman–Crippen MR) is 165 cm³/mol. The highest BCUT2D eigenvalue weighted by Gasteiger charge is 2.28. The molecule has 0 N–H and O–H groups in total. The van der Waals surface area contributed by atoms with Crippen LogP contribution in [0, 0.1) is 11.8 Å². The fourth-order valence-corrected chi connectivity index (χ4v) is 5.28. The minimum Gasteiger partial charge on any atom is -0.475 e. The van der Waals surface area contributed by atoms with Gasteiger partial charge < -0.3 is 9.47 Å². The van der Waals surface area contributed by atoms with Crippen molar-refractivity contribution in [2.24, 2.45) is 21.8 Å². The predicted octanol–water partition coefficient (Wildman–Crippen LogP) is 8.29. The topological polar surface area (TPSA) is 43.2 Å². The van der Waals surface area contributed by atoms with Crippen LogP contribution >= 0.6 is 0 Å². The van der Waals surface area contributed by atoms with E-state index >= 15 is 0 Å². The second-order valence-electron chi connectivity index (χ2n) is 11.4. The van der Waals surface area contributed by atoms with Crippen LogP contribution in [0.4, 0.5) is 0 Å². The van der Waals surface area contributed by atoms with E-state index in [0.717, 1.165) is 33.4 Å². The number of rotatable bonds is 7. The number of ether oxygens (including phenoxy) is 2. The van der Waals surface area contributed by atoms with E-state index < -0.39 is 0 Å². The van der Waals surface area contributed by atoms with Crippen LogP contribution in [0.3, 0.4) is 0 Å². The Hall–Kier alpha value is -4.18. The van der Waals surface area contributed by atoms with E-state index in [9.17, 15) is 0 Å². The highest BCUT2D eigenvalue weighted by Crippen LogP contribution is 2.37. The third-order valence-corrected chi connectivity index (χ3v) is 7.89. The Labute approximate surface area is 237 Å². The fourth-order valence-electron chi connectivity index (χ4n) is 5.28. The van der Waals surface area contributed by atoms with Gasteiger partial charge in [0.25, 0.3) is 0 Å². The summed E-state index contributed by atoms with van der Waals surface area (Å²) < 4.78 is 12.5. The first-order valence-electron chi connectivity index (χ1n) is 14.3. The normalized spacial score (nSPS) is 18.4. The minimum absolute atomic E-state index is 0.154. The van der Waals surface area contributed by atoms with Crippen LogP contribution in [0.25, 0.3) is 33.4 Å². The van der Waals surface area contributed by atoms with Gasteiger partial charge in [-0.1, -0.05) is 100 Å². The summed E-state index contributed by atoms with van der Waals surface area (Å²) in [6.45, 7) is 10.00. The van der Waals surface area contributed by atoms with E-state index in [4.69, 9.17) is 19.5 Å². The quantitative estimate of drug-likeness (QED) is 0.242. The number of hydrogen-bond acceptors (Lipinski definition) is 4. The second-order valence-corrected chi connectivity index (χ2v) is 11.4. The molecule has 4 aromatic rings. The lowest BCUT2D eigenvalue weighted by Gasteiger charge is -2.17. The van der Waals surface area contributed by atoms with Gasteiger partial charge in [-0.15, -0.1) is 0 Å². The first-order chi connectivity index (χ1) is 19.5. The monoisotopic (exact) mass is 528 g/mol. The summed E-state index contributed by atoms with van der Waals surface area (Å²) in [4.78, 5) is 10.0. The Bertz CT molecular complexity index is 1440. The first-order valence-corrected chi connectivity index (χ1v) is 14.3. The molecule has 0 saturated heterocycles. The van der Waals surface area contributed by atoms with Crippen LogP contribution in [-0.4, -0.2) is 37.1 Å². The lowest BCUT2D eigenvalue weighted by Crippen LogP contribution is -2.13. The van der Waals surface area contributed by atoms with Crippen molar-refractivity contribution in [3.05, 3.63) is 108 Å². The van der Waals surface area contributed by atoms with Crippen molar-refractivity contribution in [1.82, 2.24) is 0 Å². The van der Waals surface area contributed by atoms with Crippen molar-refractivity contribution in [1.29, 1.82) is 0 Å². The second kappa shape index (κ2) is 11.1. The molecule has 6 rings (SSSR count). The molecule has 40 heavy (non-hydrogen) atoms. The summed E-state index contributed by atoms with van der Waals surface area (Å²) in [5.74, 6) is 2.24. The molecule has 0 aromatic heterocycles. The van der Waals surface area contributed by atoms with Gasteiger partial charge in [-0.05, 0) is 69.5 Å². The van der Waals surface area contributed by atoms with E-state index in [1.54, 1.807) is 0 Å². The Morgan fingerprint density at radius 1 is 0.500 bits per heavy atom. The summed E-state index contributed by atoms with van der Waals surface area (Å²) in [7, 11) is 0. The molecular weight excluding hydrogens is 492 g/mol. The molecule has 0 amide bonds. The van der Waals surface area contributed by atoms with E-state index in [0.29, 0.717) is 36.8 Å². The molecule has 2 unspecified atom stereocenters. The molecule has 2 atom stereocenters. The van der Waals surface area contributed by atoms with E-state index in [1.165, 1.54) is 11.1 Å². The zero-order chi connectivity index (χ0) is 27.6. The van der Waals surface area contributed by atoms with E-state index in [-0.39, 0.29) is 12.1 Å². The Kier molecular flexibility index (Phi) is 7.25. The maximum absolute atomic E-state index is 6.24. The van der Waals surface area contributed by atoms with Gasteiger partial charge in [0.2, 0.25) is 11.8 Å². The Morgan fingerprint density at radius 3 is 1.25 bits per heavy atom. The molecule has 2 heterocycles. The van der Waals surface area contributed by atoms with Gasteiger partial charge in [-0.25, -0.2) is 9.98 Å². The lowest BCUT2D eigenvalue weighted by atomic mass is 9.89. The van der Waals surface area contributed by atoms with Gasteiger partial charge in [0, 0.05) is 11.1 Å². The molecule has 4 aromatic carbocycles. The van der Waals surface area contributed by atoms with Crippen LogP contribution < -0.4 is 0 Å². The van der Waals surface area contributed by atoms with Gasteiger partial charge in [0.15, 0.2) is 0 Å². The van der Waals surface area contributed by atoms with Crippen LogP contribution in [-0.2, 0) is 9.47 Å². The smallest absolute Gasteiger partial charge is 0.217 e. The molecule has 0 bridgehead atoms. The van der Waals surface area contributed by atoms with Crippen LogP contribution in [0.15, 0.2) is 107 Å². The third-order valence-electron chi connectivity index (χ3n) is 7.89. The fraction of sp³-hybridized carbons (Fsp3) is 0.278. The summed E-state index contributed by atoms with van der Waals surface area (Å²) in [6, 6.07) is 34.5. The molecule has 0 radical (unpaired) electrons. The summed E-state index contributed by atoms with van der Waals surface area (Å²) in [5.41, 5.74) is 8.74. The molecule has 2 aliphatic rings. The van der Waals surface area contributed by atoms with Gasteiger partial charge in [0.1, 0.15) is 13.2 Å². The first kappa shape index (κ1) is 26.1. The minimum atomic E-state index is 0.154. The summed E-state index contributed by atoms with van der Waals surface area (Å²) in [5, 5.41) is 0. The van der Waals surface area contributed by atoms with Crippen molar-refractivity contribution >= 4 is 11.8 Å². The lowest BCUT2D eigenvalue weighted by molar-refractivity contribution is 0.291. The van der Waals surface area contributed by atoms with Crippen molar-refractivity contribution < 1.29 is 9.47 Å². The van der Waals surface area contributed by atoms with Crippen LogP contribution in [0.5, 0.6) is 0 Å². The van der Waals surface area contributed by atoms with Gasteiger partial charge in [0.05, 0.1) is 12.1 Å². The Morgan fingerprint density at radius 2 is 0.900 bits per heavy atom. The molecule has 4 nitrogen and oxygen atoms in total. The molecule has 2 aliphatic heterocycles. The van der Waals surface area contributed by atoms with Gasteiger partial charge in [-0.2, -0.15) is 0 Å². The van der Waals surface area contributed by atoms with Gasteiger partial charge in [-0.3, -0.25) is 0 Å². The molecule has 202 valence electrons. The molecule has 0 fully saturated rings. The molecule has 4 heteroatoms. The number of hydrogen-bond donors (Lipinski definition) is 0. The average Bonchev–Trinajstić information content (AvgIpc) is 3.69. The van der Waals surface area contributed by atoms with Crippen molar-refractivity contribution in [2.75, 3.05) is 13.2 Å². The zero-order valence-corrected chi connectivity index (χ0v) is 23.7. The molecular formula is C36H36N2O2. The highest BCUT2D eigenvalue weighted by atomic mass is 16.5. The van der Waals surface area contributed by atoms with Crippen LogP contribution in [0.1, 0.15) is 38.8 Å². The number of aliphatic imine (C=N–C) groups is 2. The maximum atomic E-state index is 6.24. The number of benzene rings is 4. The largest absolute Gasteiger partial charge is 0.475 e. The SMILES string of the molecule is CC(C)C1COC(c2ccc(-c3ccccc3)cc2-c2cc(-c3ccccc3)ccc2C2=NC(C(C)C)CO2)=N1.